The molecule has 1 aliphatic heterocycles. The van der Waals surface area contributed by atoms with Crippen LogP contribution >= 0.6 is 0 Å². The molecule has 0 bridgehead atoms. The fraction of sp³-hybridized carbons (Fsp3) is 0.316. The Morgan fingerprint density at radius 1 is 1.08 bits per heavy atom. The first-order chi connectivity index (χ1) is 11.6. The number of aromatic nitrogens is 1. The van der Waals surface area contributed by atoms with Gasteiger partial charge in [-0.25, -0.2) is 0 Å². The molecule has 1 fully saturated rings. The molecular weight excluding hydrogens is 304 g/mol. The minimum absolute atomic E-state index is 0.00895. The van der Waals surface area contributed by atoms with Crippen LogP contribution in [0.25, 0.3) is 0 Å². The van der Waals surface area contributed by atoms with E-state index >= 15 is 0 Å². The Labute approximate surface area is 140 Å². The predicted molar refractivity (Wildman–Crippen MR) is 89.4 cm³/mol. The zero-order chi connectivity index (χ0) is 16.9. The second-order valence-corrected chi connectivity index (χ2v) is 6.08. The smallest absolute Gasteiger partial charge is 0.308 e. The number of carbonyl (C=O) groups excluding carboxylic acids is 1. The molecule has 2 atom stereocenters. The van der Waals surface area contributed by atoms with Crippen LogP contribution in [0.2, 0.25) is 0 Å². The van der Waals surface area contributed by atoms with Gasteiger partial charge in [0, 0.05) is 37.3 Å². The van der Waals surface area contributed by atoms with E-state index in [-0.39, 0.29) is 18.4 Å². The van der Waals surface area contributed by atoms with Crippen molar-refractivity contribution in [3.05, 3.63) is 66.0 Å². The maximum atomic E-state index is 12.5. The molecule has 3 rings (SSSR count). The van der Waals surface area contributed by atoms with Crippen LogP contribution in [0.15, 0.2) is 54.7 Å². The third kappa shape index (κ3) is 3.62. The normalized spacial score (nSPS) is 20.1. The number of pyridine rings is 1. The first kappa shape index (κ1) is 16.2. The topological polar surface area (TPSA) is 70.5 Å². The Kier molecular flexibility index (Phi) is 4.89. The summed E-state index contributed by atoms with van der Waals surface area (Å²) in [6.07, 6.45) is 2.64. The maximum Gasteiger partial charge on any atom is 0.308 e. The molecule has 2 unspecified atom stereocenters. The molecule has 0 saturated carbocycles. The van der Waals surface area contributed by atoms with Gasteiger partial charge in [0.15, 0.2) is 0 Å². The molecule has 24 heavy (non-hydrogen) atoms. The highest BCUT2D eigenvalue weighted by atomic mass is 16.4. The van der Waals surface area contributed by atoms with Crippen molar-refractivity contribution in [2.24, 2.45) is 5.92 Å². The number of carboxylic acids is 1. The van der Waals surface area contributed by atoms with E-state index in [2.05, 4.69) is 4.98 Å². The van der Waals surface area contributed by atoms with Crippen molar-refractivity contribution < 1.29 is 14.7 Å². The van der Waals surface area contributed by atoms with Crippen LogP contribution in [-0.2, 0) is 16.0 Å². The van der Waals surface area contributed by atoms with Crippen LogP contribution < -0.4 is 0 Å². The van der Waals surface area contributed by atoms with Crippen LogP contribution in [0, 0.1) is 5.92 Å². The highest BCUT2D eigenvalue weighted by molar-refractivity contribution is 5.79. The third-order valence-corrected chi connectivity index (χ3v) is 4.54. The summed E-state index contributed by atoms with van der Waals surface area (Å²) in [7, 11) is 0. The van der Waals surface area contributed by atoms with E-state index in [0.29, 0.717) is 19.4 Å². The van der Waals surface area contributed by atoms with Crippen molar-refractivity contribution in [2.45, 2.75) is 18.8 Å². The lowest BCUT2D eigenvalue weighted by molar-refractivity contribution is -0.141. The Morgan fingerprint density at radius 2 is 1.83 bits per heavy atom. The molecule has 1 aromatic heterocycles. The molecule has 2 aromatic rings. The van der Waals surface area contributed by atoms with Crippen LogP contribution in [0.3, 0.4) is 0 Å². The second kappa shape index (κ2) is 7.25. The van der Waals surface area contributed by atoms with Gasteiger partial charge in [-0.15, -0.1) is 0 Å². The summed E-state index contributed by atoms with van der Waals surface area (Å²) < 4.78 is 0. The number of aliphatic carboxylic acids is 1. The van der Waals surface area contributed by atoms with Crippen molar-refractivity contribution in [1.82, 2.24) is 9.88 Å². The standard InChI is InChI=1S/C19H20N2O3/c22-18(10-9-15-8-4-5-11-20-15)21-12-16(17(13-21)19(23)24)14-6-2-1-3-7-14/h1-8,11,16-17H,9-10,12-13H2,(H,23,24). The number of nitrogens with zero attached hydrogens (tertiary/aromatic N) is 2. The molecule has 1 aromatic carbocycles. The van der Waals surface area contributed by atoms with Gasteiger partial charge >= 0.3 is 5.97 Å². The van der Waals surface area contributed by atoms with Crippen LogP contribution in [0.1, 0.15) is 23.6 Å². The zero-order valence-electron chi connectivity index (χ0n) is 13.3. The van der Waals surface area contributed by atoms with Gasteiger partial charge in [-0.05, 0) is 24.1 Å². The lowest BCUT2D eigenvalue weighted by Crippen LogP contribution is -2.30. The summed E-state index contributed by atoms with van der Waals surface area (Å²) in [5.74, 6) is -1.55. The molecule has 5 heteroatoms. The van der Waals surface area contributed by atoms with Crippen LogP contribution in [0.4, 0.5) is 0 Å². The third-order valence-electron chi connectivity index (χ3n) is 4.54. The van der Waals surface area contributed by atoms with Gasteiger partial charge in [0.05, 0.1) is 5.92 Å². The maximum absolute atomic E-state index is 12.5. The second-order valence-electron chi connectivity index (χ2n) is 6.08. The van der Waals surface area contributed by atoms with Gasteiger partial charge in [0.25, 0.3) is 0 Å². The minimum atomic E-state index is -0.844. The fourth-order valence-electron chi connectivity index (χ4n) is 3.23. The van der Waals surface area contributed by atoms with E-state index in [1.807, 2.05) is 48.5 Å². The highest BCUT2D eigenvalue weighted by Gasteiger charge is 2.40. The van der Waals surface area contributed by atoms with E-state index < -0.39 is 11.9 Å². The molecule has 124 valence electrons. The summed E-state index contributed by atoms with van der Waals surface area (Å²) in [6, 6.07) is 15.2. The Balaban J connectivity index is 1.66. The van der Waals surface area contributed by atoms with Crippen molar-refractivity contribution in [3.63, 3.8) is 0 Å². The lowest BCUT2D eigenvalue weighted by Gasteiger charge is -2.16. The summed E-state index contributed by atoms with van der Waals surface area (Å²) in [5.41, 5.74) is 1.85. The Morgan fingerprint density at radius 3 is 2.50 bits per heavy atom. The average molecular weight is 324 g/mol. The first-order valence-corrected chi connectivity index (χ1v) is 8.10. The van der Waals surface area contributed by atoms with E-state index in [1.165, 1.54) is 0 Å². The number of likely N-dealkylation sites (tertiary alicyclic amines) is 1. The molecule has 0 aliphatic carbocycles. The summed E-state index contributed by atoms with van der Waals surface area (Å²) in [6.45, 7) is 0.734. The molecule has 1 N–H and O–H groups in total. The van der Waals surface area contributed by atoms with Gasteiger partial charge < -0.3 is 10.0 Å². The van der Waals surface area contributed by atoms with E-state index in [1.54, 1.807) is 11.1 Å². The van der Waals surface area contributed by atoms with Gasteiger partial charge in [-0.3, -0.25) is 14.6 Å². The number of benzene rings is 1. The highest BCUT2D eigenvalue weighted by Crippen LogP contribution is 2.33. The molecule has 1 amide bonds. The predicted octanol–water partition coefficient (Wildman–Crippen LogP) is 2.34. The molecule has 0 spiro atoms. The van der Waals surface area contributed by atoms with Crippen molar-refractivity contribution in [2.75, 3.05) is 13.1 Å². The van der Waals surface area contributed by atoms with Crippen molar-refractivity contribution in [1.29, 1.82) is 0 Å². The summed E-state index contributed by atoms with van der Waals surface area (Å²) >= 11 is 0. The molecule has 5 nitrogen and oxygen atoms in total. The summed E-state index contributed by atoms with van der Waals surface area (Å²) in [5, 5.41) is 9.50. The largest absolute Gasteiger partial charge is 0.481 e. The number of rotatable bonds is 5. The van der Waals surface area contributed by atoms with Crippen LogP contribution in [-0.4, -0.2) is 40.0 Å². The van der Waals surface area contributed by atoms with Gasteiger partial charge in [-0.2, -0.15) is 0 Å². The number of amides is 1. The monoisotopic (exact) mass is 324 g/mol. The zero-order valence-corrected chi connectivity index (χ0v) is 13.3. The average Bonchev–Trinajstić information content (AvgIpc) is 3.07. The molecule has 2 heterocycles. The Bertz CT molecular complexity index is 703. The number of carboxylic acid groups (broad SMARTS) is 1. The summed E-state index contributed by atoms with van der Waals surface area (Å²) in [4.78, 5) is 30.0. The quantitative estimate of drug-likeness (QED) is 0.916. The minimum Gasteiger partial charge on any atom is -0.481 e. The number of hydrogen-bond donors (Lipinski definition) is 1. The number of aryl methyl sites for hydroxylation is 1. The molecule has 1 saturated heterocycles. The van der Waals surface area contributed by atoms with Crippen LogP contribution in [0.5, 0.6) is 0 Å². The van der Waals surface area contributed by atoms with Gasteiger partial charge in [-0.1, -0.05) is 36.4 Å². The fourth-order valence-corrected chi connectivity index (χ4v) is 3.23. The Hall–Kier alpha value is -2.69. The lowest BCUT2D eigenvalue weighted by atomic mass is 9.89. The van der Waals surface area contributed by atoms with Crippen molar-refractivity contribution >= 4 is 11.9 Å². The SMILES string of the molecule is O=C(O)C1CN(C(=O)CCc2ccccn2)CC1c1ccccc1. The number of carbonyl (C=O) groups is 2. The van der Waals surface area contributed by atoms with E-state index in [9.17, 15) is 14.7 Å². The van der Waals surface area contributed by atoms with Gasteiger partial charge in [0.1, 0.15) is 0 Å². The molecule has 0 radical (unpaired) electrons. The number of hydrogen-bond acceptors (Lipinski definition) is 3. The van der Waals surface area contributed by atoms with E-state index in [0.717, 1.165) is 11.3 Å². The first-order valence-electron chi connectivity index (χ1n) is 8.10. The van der Waals surface area contributed by atoms with Gasteiger partial charge in [0.2, 0.25) is 5.91 Å². The van der Waals surface area contributed by atoms with Crippen molar-refractivity contribution in [3.8, 4) is 0 Å². The van der Waals surface area contributed by atoms with E-state index in [4.69, 9.17) is 0 Å². The molecule has 1 aliphatic rings. The molecular formula is C19H20N2O3.